The van der Waals surface area contributed by atoms with Gasteiger partial charge in [-0.25, -0.2) is 0 Å². The van der Waals surface area contributed by atoms with Crippen LogP contribution in [0.4, 0.5) is 5.69 Å². The Kier molecular flexibility index (Phi) is 3.07. The molecule has 3 aliphatic rings. The van der Waals surface area contributed by atoms with Gasteiger partial charge < -0.3 is 5.32 Å². The van der Waals surface area contributed by atoms with E-state index in [9.17, 15) is 0 Å². The molecule has 0 spiro atoms. The largest absolute Gasteiger partial charge is 0.381 e. The lowest BCUT2D eigenvalue weighted by atomic mass is 9.79. The number of rotatable bonds is 2. The average molecular weight is 341 g/mol. The zero-order chi connectivity index (χ0) is 13.0. The standard InChI is InChI=1S/C16H19BrClN/c17-16-13(18)5-2-6-14(16)19-15-8-9-7-12(15)11-4-1-3-10(9)11/h2,5-6,9-12,15,19H,1,3-4,7-8H2. The summed E-state index contributed by atoms with van der Waals surface area (Å²) in [6, 6.07) is 6.76. The second kappa shape index (κ2) is 4.66. The molecular formula is C16H19BrClN. The topological polar surface area (TPSA) is 12.0 Å². The third-order valence-electron chi connectivity index (χ3n) is 5.72. The summed E-state index contributed by atoms with van der Waals surface area (Å²) in [6.45, 7) is 0. The molecule has 0 amide bonds. The molecule has 19 heavy (non-hydrogen) atoms. The van der Waals surface area contributed by atoms with E-state index < -0.39 is 0 Å². The average Bonchev–Trinajstić information content (AvgIpc) is 3.06. The van der Waals surface area contributed by atoms with Crippen molar-refractivity contribution in [1.29, 1.82) is 0 Å². The number of hydrogen-bond donors (Lipinski definition) is 1. The summed E-state index contributed by atoms with van der Waals surface area (Å²) in [6.07, 6.45) is 7.27. The van der Waals surface area contributed by atoms with Crippen molar-refractivity contribution < 1.29 is 0 Å². The van der Waals surface area contributed by atoms with E-state index in [1.54, 1.807) is 0 Å². The van der Waals surface area contributed by atoms with Crippen LogP contribution in [0.3, 0.4) is 0 Å². The summed E-state index contributed by atoms with van der Waals surface area (Å²) >= 11 is 9.78. The van der Waals surface area contributed by atoms with Gasteiger partial charge >= 0.3 is 0 Å². The second-order valence-corrected chi connectivity index (χ2v) is 7.71. The molecule has 1 aromatic rings. The smallest absolute Gasteiger partial charge is 0.0593 e. The van der Waals surface area contributed by atoms with Gasteiger partial charge in [0, 0.05) is 6.04 Å². The summed E-state index contributed by atoms with van der Waals surface area (Å²) in [5.41, 5.74) is 1.17. The van der Waals surface area contributed by atoms with E-state index in [1.807, 2.05) is 12.1 Å². The first-order chi connectivity index (χ1) is 9.24. The first kappa shape index (κ1) is 12.5. The van der Waals surface area contributed by atoms with Gasteiger partial charge in [0.1, 0.15) is 0 Å². The fourth-order valence-electron chi connectivity index (χ4n) is 5.05. The highest BCUT2D eigenvalue weighted by Crippen LogP contribution is 2.59. The Labute approximate surface area is 128 Å². The molecule has 0 heterocycles. The minimum atomic E-state index is 0.666. The minimum Gasteiger partial charge on any atom is -0.381 e. The van der Waals surface area contributed by atoms with Gasteiger partial charge in [-0.2, -0.15) is 0 Å². The van der Waals surface area contributed by atoms with Crippen molar-refractivity contribution in [1.82, 2.24) is 0 Å². The summed E-state index contributed by atoms with van der Waals surface area (Å²) in [5.74, 6) is 3.97. The van der Waals surface area contributed by atoms with Crippen LogP contribution in [-0.4, -0.2) is 6.04 Å². The minimum absolute atomic E-state index is 0.666. The van der Waals surface area contributed by atoms with Gasteiger partial charge in [-0.1, -0.05) is 24.1 Å². The van der Waals surface area contributed by atoms with E-state index in [0.29, 0.717) is 6.04 Å². The molecule has 102 valence electrons. The van der Waals surface area contributed by atoms with Crippen molar-refractivity contribution in [3.05, 3.63) is 27.7 Å². The van der Waals surface area contributed by atoms with E-state index in [4.69, 9.17) is 11.6 Å². The van der Waals surface area contributed by atoms with Crippen molar-refractivity contribution in [2.45, 2.75) is 38.1 Å². The van der Waals surface area contributed by atoms with Crippen LogP contribution in [0, 0.1) is 23.7 Å². The Morgan fingerprint density at radius 3 is 2.84 bits per heavy atom. The molecule has 3 aliphatic carbocycles. The maximum Gasteiger partial charge on any atom is 0.0593 e. The highest BCUT2D eigenvalue weighted by atomic mass is 79.9. The second-order valence-electron chi connectivity index (χ2n) is 6.51. The van der Waals surface area contributed by atoms with Gasteiger partial charge in [-0.05, 0) is 77.4 Å². The van der Waals surface area contributed by atoms with Crippen LogP contribution in [0.15, 0.2) is 22.7 Å². The molecule has 5 unspecified atom stereocenters. The summed E-state index contributed by atoms with van der Waals surface area (Å²) in [7, 11) is 0. The SMILES string of the molecule is Clc1cccc(NC2CC3CC2C2CCCC32)c1Br. The fraction of sp³-hybridized carbons (Fsp3) is 0.625. The van der Waals surface area contributed by atoms with Gasteiger partial charge in [0.2, 0.25) is 0 Å². The lowest BCUT2D eigenvalue weighted by Gasteiger charge is -2.33. The Bertz CT molecular complexity index is 504. The molecule has 3 saturated carbocycles. The molecule has 1 N–H and O–H groups in total. The van der Waals surface area contributed by atoms with Crippen LogP contribution < -0.4 is 5.32 Å². The number of anilines is 1. The van der Waals surface area contributed by atoms with Crippen LogP contribution in [0.5, 0.6) is 0 Å². The number of hydrogen-bond acceptors (Lipinski definition) is 1. The van der Waals surface area contributed by atoms with E-state index in [-0.39, 0.29) is 0 Å². The molecule has 0 aromatic heterocycles. The van der Waals surface area contributed by atoms with Gasteiger partial charge in [0.05, 0.1) is 15.2 Å². The Balaban J connectivity index is 1.54. The molecule has 3 heteroatoms. The Hall–Kier alpha value is -0.210. The van der Waals surface area contributed by atoms with Crippen LogP contribution >= 0.6 is 27.5 Å². The first-order valence-corrected chi connectivity index (χ1v) is 8.61. The van der Waals surface area contributed by atoms with E-state index >= 15 is 0 Å². The lowest BCUT2D eigenvalue weighted by molar-refractivity contribution is 0.243. The van der Waals surface area contributed by atoms with Gasteiger partial charge in [-0.15, -0.1) is 0 Å². The highest BCUT2D eigenvalue weighted by molar-refractivity contribution is 9.10. The van der Waals surface area contributed by atoms with E-state index in [1.165, 1.54) is 37.8 Å². The first-order valence-electron chi connectivity index (χ1n) is 7.44. The zero-order valence-corrected chi connectivity index (χ0v) is 13.3. The molecule has 3 fully saturated rings. The van der Waals surface area contributed by atoms with E-state index in [2.05, 4.69) is 27.3 Å². The Morgan fingerprint density at radius 2 is 1.95 bits per heavy atom. The summed E-state index contributed by atoms with van der Waals surface area (Å²) in [5, 5.41) is 4.56. The number of benzene rings is 1. The number of halogens is 2. The molecule has 0 radical (unpaired) electrons. The fourth-order valence-corrected chi connectivity index (χ4v) is 5.60. The van der Waals surface area contributed by atoms with Crippen molar-refractivity contribution in [2.24, 2.45) is 23.7 Å². The lowest BCUT2D eigenvalue weighted by Crippen LogP contribution is -2.33. The van der Waals surface area contributed by atoms with Crippen molar-refractivity contribution in [3.63, 3.8) is 0 Å². The van der Waals surface area contributed by atoms with Crippen molar-refractivity contribution in [2.75, 3.05) is 5.32 Å². The predicted octanol–water partition coefficient (Wildman–Crippen LogP) is 5.34. The number of fused-ring (bicyclic) bond motifs is 5. The molecule has 1 aromatic carbocycles. The maximum absolute atomic E-state index is 6.18. The van der Waals surface area contributed by atoms with Crippen molar-refractivity contribution >= 4 is 33.2 Å². The normalized spacial score (nSPS) is 39.6. The van der Waals surface area contributed by atoms with Gasteiger partial charge in [0.25, 0.3) is 0 Å². The maximum atomic E-state index is 6.18. The molecule has 0 saturated heterocycles. The van der Waals surface area contributed by atoms with Gasteiger partial charge in [-0.3, -0.25) is 0 Å². The molecule has 5 atom stereocenters. The highest BCUT2D eigenvalue weighted by Gasteiger charge is 2.53. The quantitative estimate of drug-likeness (QED) is 0.766. The van der Waals surface area contributed by atoms with Gasteiger partial charge in [0.15, 0.2) is 0 Å². The van der Waals surface area contributed by atoms with Crippen LogP contribution in [0.1, 0.15) is 32.1 Å². The zero-order valence-electron chi connectivity index (χ0n) is 10.9. The summed E-state index contributed by atoms with van der Waals surface area (Å²) < 4.78 is 1.02. The Morgan fingerprint density at radius 1 is 1.11 bits per heavy atom. The van der Waals surface area contributed by atoms with Crippen LogP contribution in [-0.2, 0) is 0 Å². The summed E-state index contributed by atoms with van der Waals surface area (Å²) in [4.78, 5) is 0. The number of nitrogens with one attached hydrogen (secondary N) is 1. The molecule has 2 bridgehead atoms. The predicted molar refractivity (Wildman–Crippen MR) is 83.6 cm³/mol. The monoisotopic (exact) mass is 339 g/mol. The van der Waals surface area contributed by atoms with Crippen molar-refractivity contribution in [3.8, 4) is 0 Å². The van der Waals surface area contributed by atoms with Crippen LogP contribution in [0.25, 0.3) is 0 Å². The van der Waals surface area contributed by atoms with E-state index in [0.717, 1.165) is 33.2 Å². The third kappa shape index (κ3) is 1.94. The molecule has 4 rings (SSSR count). The molecule has 0 aliphatic heterocycles. The third-order valence-corrected chi connectivity index (χ3v) is 7.12. The van der Waals surface area contributed by atoms with Crippen LogP contribution in [0.2, 0.25) is 5.02 Å². The molecule has 1 nitrogen and oxygen atoms in total. The molecular weight excluding hydrogens is 322 g/mol.